The van der Waals surface area contributed by atoms with Crippen LogP contribution in [0.25, 0.3) is 0 Å². The number of rotatable bonds is 7. The lowest BCUT2D eigenvalue weighted by molar-refractivity contribution is 0.553. The minimum Gasteiger partial charge on any atom is -0.311 e. The molecule has 1 aromatic carbocycles. The number of aryl methyl sites for hydroxylation is 2. The van der Waals surface area contributed by atoms with Gasteiger partial charge in [0, 0.05) is 36.7 Å². The summed E-state index contributed by atoms with van der Waals surface area (Å²) in [4.78, 5) is 0. The van der Waals surface area contributed by atoms with Crippen molar-refractivity contribution in [2.24, 2.45) is 0 Å². The van der Waals surface area contributed by atoms with Crippen molar-refractivity contribution < 1.29 is 0 Å². The van der Waals surface area contributed by atoms with E-state index in [1.165, 1.54) is 22.4 Å². The highest BCUT2D eigenvalue weighted by Gasteiger charge is 2.11. The normalized spacial score (nSPS) is 11.1. The molecule has 0 spiro atoms. The Bertz CT molecular complexity index is 769. The number of hydrogen-bond acceptors (Lipinski definition) is 3. The molecule has 0 amide bonds. The monoisotopic (exact) mass is 323 g/mol. The fourth-order valence-electron chi connectivity index (χ4n) is 2.85. The van der Waals surface area contributed by atoms with Gasteiger partial charge in [-0.25, -0.2) is 0 Å². The Balaban J connectivity index is 1.60. The van der Waals surface area contributed by atoms with Crippen molar-refractivity contribution in [2.45, 2.75) is 40.4 Å². The van der Waals surface area contributed by atoms with Crippen LogP contribution in [-0.4, -0.2) is 26.1 Å². The molecular weight excluding hydrogens is 298 g/mol. The van der Waals surface area contributed by atoms with Gasteiger partial charge < -0.3 is 5.32 Å². The summed E-state index contributed by atoms with van der Waals surface area (Å²) in [6, 6.07) is 10.6. The summed E-state index contributed by atoms with van der Waals surface area (Å²) in [5.74, 6) is 0. The molecule has 0 fully saturated rings. The Kier molecular flexibility index (Phi) is 5.11. The Morgan fingerprint density at radius 3 is 2.58 bits per heavy atom. The van der Waals surface area contributed by atoms with Crippen LogP contribution in [-0.2, 0) is 19.6 Å². The van der Waals surface area contributed by atoms with E-state index in [4.69, 9.17) is 5.10 Å². The third-order valence-electron chi connectivity index (χ3n) is 4.36. The molecule has 126 valence electrons. The van der Waals surface area contributed by atoms with E-state index in [1.54, 1.807) is 0 Å². The van der Waals surface area contributed by atoms with Gasteiger partial charge in [-0.3, -0.25) is 9.36 Å². The highest BCUT2D eigenvalue weighted by Crippen LogP contribution is 2.15. The fourth-order valence-corrected chi connectivity index (χ4v) is 2.85. The van der Waals surface area contributed by atoms with Crippen LogP contribution >= 0.6 is 0 Å². The summed E-state index contributed by atoms with van der Waals surface area (Å²) in [6.45, 7) is 9.78. The van der Waals surface area contributed by atoms with Crippen molar-refractivity contribution in [3.8, 4) is 0 Å². The fraction of sp³-hybridized carbons (Fsp3) is 0.368. The van der Waals surface area contributed by atoms with E-state index in [1.807, 2.05) is 23.1 Å². The number of nitrogens with one attached hydrogen (secondary N) is 1. The van der Waals surface area contributed by atoms with E-state index in [2.05, 4.69) is 60.1 Å². The zero-order valence-electron chi connectivity index (χ0n) is 14.7. The number of benzene rings is 1. The average molecular weight is 323 g/mol. The van der Waals surface area contributed by atoms with E-state index in [-0.39, 0.29) is 0 Å². The molecule has 5 nitrogen and oxygen atoms in total. The molecule has 24 heavy (non-hydrogen) atoms. The molecule has 0 atom stereocenters. The maximum atomic E-state index is 4.72. The van der Waals surface area contributed by atoms with Crippen molar-refractivity contribution in [3.63, 3.8) is 0 Å². The third-order valence-corrected chi connectivity index (χ3v) is 4.36. The van der Waals surface area contributed by atoms with Crippen LogP contribution in [0.3, 0.4) is 0 Å². The first kappa shape index (κ1) is 16.5. The lowest BCUT2D eigenvalue weighted by Gasteiger charge is -2.08. The predicted octanol–water partition coefficient (Wildman–Crippen LogP) is 2.84. The molecule has 0 radical (unpaired) electrons. The van der Waals surface area contributed by atoms with Crippen molar-refractivity contribution in [1.82, 2.24) is 24.9 Å². The molecule has 0 aliphatic carbocycles. The molecule has 5 heteroatoms. The largest absolute Gasteiger partial charge is 0.311 e. The Hall–Kier alpha value is -2.40. The van der Waals surface area contributed by atoms with Crippen LogP contribution in [0.2, 0.25) is 0 Å². The maximum absolute atomic E-state index is 4.72. The van der Waals surface area contributed by atoms with Crippen molar-refractivity contribution >= 4 is 0 Å². The van der Waals surface area contributed by atoms with Crippen LogP contribution in [0.1, 0.15) is 28.1 Å². The first-order valence-corrected chi connectivity index (χ1v) is 8.40. The molecular formula is C19H25N5. The molecule has 3 aromatic rings. The number of hydrogen-bond donors (Lipinski definition) is 1. The van der Waals surface area contributed by atoms with Gasteiger partial charge in [-0.15, -0.1) is 0 Å². The molecule has 0 saturated heterocycles. The van der Waals surface area contributed by atoms with Crippen LogP contribution in [0.15, 0.2) is 42.7 Å². The SMILES string of the molecule is Cc1ccc(Cn2nc(C)c(CNCCn3cccn3)c2C)cc1. The van der Waals surface area contributed by atoms with E-state index in [9.17, 15) is 0 Å². The van der Waals surface area contributed by atoms with Crippen LogP contribution < -0.4 is 5.32 Å². The highest BCUT2D eigenvalue weighted by atomic mass is 15.3. The maximum Gasteiger partial charge on any atom is 0.0662 e. The smallest absolute Gasteiger partial charge is 0.0662 e. The quantitative estimate of drug-likeness (QED) is 0.680. The minimum atomic E-state index is 0.820. The molecule has 0 saturated carbocycles. The number of aromatic nitrogens is 4. The summed E-state index contributed by atoms with van der Waals surface area (Å²) in [6.07, 6.45) is 3.79. The van der Waals surface area contributed by atoms with Crippen molar-refractivity contribution in [1.29, 1.82) is 0 Å². The highest BCUT2D eigenvalue weighted by molar-refractivity contribution is 5.27. The second-order valence-electron chi connectivity index (χ2n) is 6.24. The average Bonchev–Trinajstić information content (AvgIpc) is 3.17. The summed E-state index contributed by atoms with van der Waals surface area (Å²) in [5, 5.41) is 12.4. The molecule has 0 bridgehead atoms. The standard InChI is InChI=1S/C19H25N5/c1-15-5-7-18(8-6-15)14-24-17(3)19(16(2)22-24)13-20-10-12-23-11-4-9-21-23/h4-9,11,20H,10,12-14H2,1-3H3. The first-order chi connectivity index (χ1) is 11.6. The van der Waals surface area contributed by atoms with Gasteiger partial charge >= 0.3 is 0 Å². The molecule has 2 heterocycles. The first-order valence-electron chi connectivity index (χ1n) is 8.40. The predicted molar refractivity (Wildman–Crippen MR) is 95.9 cm³/mol. The summed E-state index contributed by atoms with van der Waals surface area (Å²) >= 11 is 0. The van der Waals surface area contributed by atoms with E-state index in [0.717, 1.165) is 31.9 Å². The summed E-state index contributed by atoms with van der Waals surface area (Å²) in [5.41, 5.74) is 6.20. The third kappa shape index (κ3) is 3.92. The van der Waals surface area contributed by atoms with Gasteiger partial charge in [-0.05, 0) is 32.4 Å². The second-order valence-corrected chi connectivity index (χ2v) is 6.24. The van der Waals surface area contributed by atoms with Gasteiger partial charge in [0.05, 0.1) is 18.8 Å². The van der Waals surface area contributed by atoms with Crippen LogP contribution in [0, 0.1) is 20.8 Å². The topological polar surface area (TPSA) is 47.7 Å². The molecule has 0 aliphatic rings. The van der Waals surface area contributed by atoms with Gasteiger partial charge in [0.25, 0.3) is 0 Å². The molecule has 3 rings (SSSR count). The zero-order chi connectivity index (χ0) is 16.9. The lowest BCUT2D eigenvalue weighted by atomic mass is 10.1. The molecule has 1 N–H and O–H groups in total. The van der Waals surface area contributed by atoms with Gasteiger partial charge in [0.15, 0.2) is 0 Å². The van der Waals surface area contributed by atoms with Crippen molar-refractivity contribution in [2.75, 3.05) is 6.54 Å². The van der Waals surface area contributed by atoms with E-state index >= 15 is 0 Å². The van der Waals surface area contributed by atoms with Gasteiger partial charge in [0.2, 0.25) is 0 Å². The van der Waals surface area contributed by atoms with Gasteiger partial charge in [-0.1, -0.05) is 29.8 Å². The minimum absolute atomic E-state index is 0.820. The van der Waals surface area contributed by atoms with Gasteiger partial charge in [0.1, 0.15) is 0 Å². The van der Waals surface area contributed by atoms with E-state index in [0.29, 0.717) is 0 Å². The lowest BCUT2D eigenvalue weighted by Crippen LogP contribution is -2.20. The molecule has 0 aliphatic heterocycles. The second kappa shape index (κ2) is 7.45. The number of nitrogens with zero attached hydrogens (tertiary/aromatic N) is 4. The molecule has 0 unspecified atom stereocenters. The molecule has 2 aromatic heterocycles. The van der Waals surface area contributed by atoms with Gasteiger partial charge in [-0.2, -0.15) is 10.2 Å². The Morgan fingerprint density at radius 2 is 1.88 bits per heavy atom. The van der Waals surface area contributed by atoms with Crippen molar-refractivity contribution in [3.05, 3.63) is 70.8 Å². The van der Waals surface area contributed by atoms with Crippen LogP contribution in [0.5, 0.6) is 0 Å². The van der Waals surface area contributed by atoms with Crippen LogP contribution in [0.4, 0.5) is 0 Å². The zero-order valence-corrected chi connectivity index (χ0v) is 14.7. The Labute approximate surface area is 143 Å². The van der Waals surface area contributed by atoms with E-state index < -0.39 is 0 Å². The Morgan fingerprint density at radius 1 is 1.08 bits per heavy atom. The summed E-state index contributed by atoms with van der Waals surface area (Å²) < 4.78 is 4.04. The summed E-state index contributed by atoms with van der Waals surface area (Å²) in [7, 11) is 0.